The maximum absolute atomic E-state index is 14.9. The van der Waals surface area contributed by atoms with E-state index in [-0.39, 0.29) is 109 Å². The molecule has 139 heavy (non-hydrogen) atoms. The van der Waals surface area contributed by atoms with Crippen LogP contribution in [0.4, 0.5) is 0 Å². The zero-order chi connectivity index (χ0) is 103. The van der Waals surface area contributed by atoms with Crippen molar-refractivity contribution in [3.63, 3.8) is 0 Å². The number of carbonyl (C=O) groups excluding carboxylic acids is 17. The average molecular weight is 1960 g/mol. The van der Waals surface area contributed by atoms with E-state index in [0.29, 0.717) is 36.9 Å². The smallest absolute Gasteiger partial charge is 0.304 e. The second kappa shape index (κ2) is 58.0. The van der Waals surface area contributed by atoms with Gasteiger partial charge in [-0.05, 0) is 154 Å². The molecule has 9 amide bonds. The first-order valence-corrected chi connectivity index (χ1v) is 47.9. The van der Waals surface area contributed by atoms with E-state index < -0.39 is 292 Å². The molecule has 0 saturated heterocycles. The highest BCUT2D eigenvalue weighted by atomic mass is 32.2. The molecular weight excluding hydrogens is 1820 g/mol. The Hall–Kier alpha value is -12.2. The molecule has 1 heterocycles. The summed E-state index contributed by atoms with van der Waals surface area (Å²) in [6.45, 7) is 8.16. The number of phenols is 2. The van der Waals surface area contributed by atoms with Gasteiger partial charge in [0.25, 0.3) is 11.8 Å². The molecule has 16 atom stereocenters. The van der Waals surface area contributed by atoms with Crippen molar-refractivity contribution in [2.24, 2.45) is 59.0 Å². The molecular formula is C100H133N9O29S. The fourth-order valence-electron chi connectivity index (χ4n) is 16.2. The second-order valence-electron chi connectivity index (χ2n) is 36.4. The van der Waals surface area contributed by atoms with Crippen LogP contribution in [0.2, 0.25) is 0 Å². The van der Waals surface area contributed by atoms with E-state index in [4.69, 9.17) is 5.73 Å². The second-order valence-corrected chi connectivity index (χ2v) is 37.3. The number of carboxylic acids is 2. The number of phenolic OH excluding ortho intramolecular Hbond substituents is 2. The fourth-order valence-corrected chi connectivity index (χ4v) is 17.0. The van der Waals surface area contributed by atoms with E-state index in [9.17, 15) is 142 Å². The summed E-state index contributed by atoms with van der Waals surface area (Å²) in [6, 6.07) is 21.0. The van der Waals surface area contributed by atoms with Crippen LogP contribution in [0.15, 0.2) is 115 Å². The van der Waals surface area contributed by atoms with Gasteiger partial charge in [0, 0.05) is 94.5 Å². The number of unbranched alkanes of at least 4 members (excludes halogenated alkanes) is 1. The van der Waals surface area contributed by atoms with Crippen molar-refractivity contribution in [2.45, 2.75) is 238 Å². The van der Waals surface area contributed by atoms with Crippen LogP contribution in [0.3, 0.4) is 0 Å². The molecule has 5 aromatic carbocycles. The summed E-state index contributed by atoms with van der Waals surface area (Å²) >= 11 is 0.931. The number of carboxylic acid groups (broad SMARTS) is 2. The first-order valence-electron chi connectivity index (χ1n) is 46.8. The molecule has 39 heteroatoms. The highest BCUT2D eigenvalue weighted by molar-refractivity contribution is 8.00. The SMILES string of the molecule is CC[C@H](C)[C@H](NC(=O)C(CO)CC(=O)[C@H](Cc1ccc(O)cc1)NC(=O)[C@H](CC(=O)O)CC(=O)[C@H](CO)NC(=O)[C@@H](CC(=O)[C@H](Cc1ccccc1)NC(=O)[C@@H](CC(=O)CNC(=O)[C@H](CCC(=O)O)CC(=O)CSCC(=O)CCCN1C(=O)c2cc3ccccc3cc2C1=O)[C@@H](C)O)[C@@H](C)O)C(=O)C[C@@H](Cc1ccc(O)cc1)C(=O)N[C@@H](CC(C)C)C(=O)C[C@@H](CC(O)O)C(=O)N[C@H](C)CCCCN. The molecule has 38 nitrogen and oxygen atoms in total. The number of aliphatic hydroxyl groups is 6. The van der Waals surface area contributed by atoms with Crippen LogP contribution in [0.25, 0.3) is 10.8 Å². The number of aliphatic carboxylic acids is 2. The van der Waals surface area contributed by atoms with Gasteiger partial charge in [0.05, 0.1) is 109 Å². The lowest BCUT2D eigenvalue weighted by Gasteiger charge is -2.28. The van der Waals surface area contributed by atoms with Gasteiger partial charge in [-0.15, -0.1) is 11.8 Å². The Kier molecular flexibility index (Phi) is 48.2. The maximum atomic E-state index is 14.9. The molecule has 6 rings (SSSR count). The Morgan fingerprint density at radius 2 is 0.892 bits per heavy atom. The van der Waals surface area contributed by atoms with Crippen LogP contribution in [0.5, 0.6) is 11.5 Å². The molecule has 0 spiro atoms. The number of aliphatic hydroxyl groups excluding tert-OH is 5. The third kappa shape index (κ3) is 38.5. The number of nitrogens with zero attached hydrogens (tertiary/aromatic N) is 1. The monoisotopic (exact) mass is 1960 g/mol. The largest absolute Gasteiger partial charge is 0.508 e. The lowest BCUT2D eigenvalue weighted by atomic mass is 9.85. The number of hydrogen-bond acceptors (Lipinski definition) is 29. The molecule has 1 unspecified atom stereocenters. The number of benzene rings is 5. The number of nitrogens with one attached hydrogen (secondary N) is 7. The number of amides is 9. The van der Waals surface area contributed by atoms with Gasteiger partial charge in [-0.1, -0.05) is 119 Å². The maximum Gasteiger partial charge on any atom is 0.304 e. The molecule has 1 aliphatic heterocycles. The molecule has 0 aromatic heterocycles. The molecule has 1 aliphatic rings. The number of aromatic hydroxyl groups is 2. The molecule has 0 fully saturated rings. The number of ketones is 8. The molecule has 0 bridgehead atoms. The van der Waals surface area contributed by atoms with Gasteiger partial charge >= 0.3 is 11.9 Å². The van der Waals surface area contributed by atoms with Crippen LogP contribution in [0.1, 0.15) is 201 Å². The molecule has 5 aromatic rings. The highest BCUT2D eigenvalue weighted by Crippen LogP contribution is 2.31. The minimum absolute atomic E-state index is 0.0321. The van der Waals surface area contributed by atoms with Crippen molar-refractivity contribution in [2.75, 3.05) is 44.4 Å². The summed E-state index contributed by atoms with van der Waals surface area (Å²) in [5.41, 5.74) is 7.30. The summed E-state index contributed by atoms with van der Waals surface area (Å²) in [6.07, 6.45) is -11.8. The first-order chi connectivity index (χ1) is 65.8. The van der Waals surface area contributed by atoms with E-state index in [1.807, 2.05) is 12.1 Å². The summed E-state index contributed by atoms with van der Waals surface area (Å²) in [4.78, 5) is 264. The van der Waals surface area contributed by atoms with Crippen LogP contribution in [-0.4, -0.2) is 266 Å². The molecule has 0 radical (unpaired) electrons. The normalized spacial score (nSPS) is 15.4. The number of hydrogen-bond donors (Lipinski definition) is 18. The Morgan fingerprint density at radius 3 is 1.42 bits per heavy atom. The summed E-state index contributed by atoms with van der Waals surface area (Å²) in [5.74, 6) is -29.7. The van der Waals surface area contributed by atoms with E-state index >= 15 is 0 Å². The lowest BCUT2D eigenvalue weighted by Crippen LogP contribution is -2.52. The summed E-state index contributed by atoms with van der Waals surface area (Å²) in [5, 5.41) is 123. The summed E-state index contributed by atoms with van der Waals surface area (Å²) < 4.78 is 0. The molecule has 758 valence electrons. The van der Waals surface area contributed by atoms with Crippen LogP contribution < -0.4 is 43.0 Å². The molecule has 0 saturated carbocycles. The Morgan fingerprint density at radius 1 is 0.417 bits per heavy atom. The van der Waals surface area contributed by atoms with Gasteiger partial charge in [0.1, 0.15) is 29.1 Å². The Balaban J connectivity index is 1.10. The minimum Gasteiger partial charge on any atom is -0.508 e. The van der Waals surface area contributed by atoms with Gasteiger partial charge in [-0.2, -0.15) is 0 Å². The third-order valence-electron chi connectivity index (χ3n) is 24.5. The first kappa shape index (κ1) is 115. The van der Waals surface area contributed by atoms with Crippen molar-refractivity contribution >= 4 is 134 Å². The van der Waals surface area contributed by atoms with Crippen molar-refractivity contribution < 1.29 is 142 Å². The van der Waals surface area contributed by atoms with Crippen LogP contribution >= 0.6 is 11.8 Å². The average Bonchev–Trinajstić information content (AvgIpc) is 1.61. The number of fused-ring (bicyclic) bond motifs is 2. The topological polar surface area (TPSA) is 640 Å². The van der Waals surface area contributed by atoms with Gasteiger partial charge in [0.2, 0.25) is 41.4 Å². The Bertz CT molecular complexity index is 5040. The zero-order valence-corrected chi connectivity index (χ0v) is 80.1. The number of thioether (sulfide) groups is 1. The van der Waals surface area contributed by atoms with Gasteiger partial charge < -0.3 is 94.0 Å². The van der Waals surface area contributed by atoms with Gasteiger partial charge in [0.15, 0.2) is 41.0 Å². The predicted octanol–water partition coefficient (Wildman–Crippen LogP) is 3.74. The van der Waals surface area contributed by atoms with E-state index in [1.54, 1.807) is 89.2 Å². The number of nitrogens with two attached hydrogens (primary N) is 1. The standard InChI is InChI=1S/C100H133N9O29S/c1-8-56(4)91(87(123)44-66(36-61-23-28-70(114)29-24-61)94(132)104-79(35-55(2)3)83(119)42-67(46-89(126)127)93(131)103-57(5)17-14-15-33-101)108-96(134)69(51-110)45-84(120)80(38-62-25-30-71(115)31-26-62)105-95(133)68(47-90(128)129)43-85(121)82(52-111)107-98(136)76(59(7)113)49-86(122)81(37-60-18-10-9-11-19-60)106-97(135)75(58(6)112)48-73(117)50-102-92(130)65(27-32-88(124)125)39-74(118)54-139-53-72(116)22-16-34-109-99(137)77-40-63-20-12-13-21-64(63)41-78(77)100(109)138/h9-13,18-21,23-26,28-31,40-41,55-59,65-69,75-76,79-82,89,91,110-115,126-127H,8,14-17,22,27,32-39,42-54,101H2,1-7H3,(H,102,130)(H,103,131)(H,104,132)(H,105,133)(H,106,135)(H,107,136)(H,108,134)(H,124,125)(H,128,129)/t56-,57+,58+,59+,65+,66+,67-,68-,69?,75-,76-,79-,80-,81-,82-,91-/m0/s1. The van der Waals surface area contributed by atoms with Crippen molar-refractivity contribution in [3.8, 4) is 11.5 Å². The number of imide groups is 1. The summed E-state index contributed by atoms with van der Waals surface area (Å²) in [7, 11) is 0. The highest BCUT2D eigenvalue weighted by Gasteiger charge is 2.42. The lowest BCUT2D eigenvalue weighted by molar-refractivity contribution is -0.143. The van der Waals surface area contributed by atoms with Crippen molar-refractivity contribution in [3.05, 3.63) is 143 Å². The number of rotatable bonds is 67. The third-order valence-corrected chi connectivity index (χ3v) is 25.5. The van der Waals surface area contributed by atoms with Crippen molar-refractivity contribution in [1.29, 1.82) is 0 Å². The van der Waals surface area contributed by atoms with E-state index in [0.717, 1.165) is 41.3 Å². The zero-order valence-electron chi connectivity index (χ0n) is 79.3. The molecule has 0 aliphatic carbocycles. The van der Waals surface area contributed by atoms with E-state index in [1.165, 1.54) is 48.5 Å². The van der Waals surface area contributed by atoms with Gasteiger partial charge in [-0.25, -0.2) is 0 Å². The van der Waals surface area contributed by atoms with Crippen LogP contribution in [-0.2, 0) is 101 Å². The number of carbonyl (C=O) groups is 19. The fraction of sp³-hybridized carbons (Fsp3) is 0.530. The molecule has 19 N–H and O–H groups in total. The van der Waals surface area contributed by atoms with Crippen LogP contribution in [0, 0.1) is 53.3 Å². The van der Waals surface area contributed by atoms with Gasteiger partial charge in [-0.3, -0.25) is 96.0 Å². The minimum atomic E-state index is -2.00. The predicted molar refractivity (Wildman–Crippen MR) is 508 cm³/mol. The van der Waals surface area contributed by atoms with E-state index in [2.05, 4.69) is 37.2 Å². The number of Topliss-reactive ketones (excluding diaryl/α,β-unsaturated/α-hetero) is 8. The van der Waals surface area contributed by atoms with Crippen molar-refractivity contribution in [1.82, 2.24) is 42.1 Å². The Labute approximate surface area is 810 Å². The quantitative estimate of drug-likeness (QED) is 0.0150.